The maximum atomic E-state index is 13.5. The van der Waals surface area contributed by atoms with Crippen molar-refractivity contribution in [1.82, 2.24) is 0 Å². The van der Waals surface area contributed by atoms with Crippen LogP contribution in [0.4, 0.5) is 17.6 Å². The molecule has 1 atom stereocenters. The third-order valence-corrected chi connectivity index (χ3v) is 2.95. The lowest BCUT2D eigenvalue weighted by molar-refractivity contribution is -0.258. The van der Waals surface area contributed by atoms with Gasteiger partial charge >= 0.3 is 6.18 Å². The van der Waals surface area contributed by atoms with Crippen molar-refractivity contribution in [3.8, 4) is 0 Å². The third kappa shape index (κ3) is 1.84. The van der Waals surface area contributed by atoms with Crippen molar-refractivity contribution in [2.75, 3.05) is 0 Å². The van der Waals surface area contributed by atoms with Gasteiger partial charge in [-0.1, -0.05) is 30.3 Å². The zero-order valence-corrected chi connectivity index (χ0v) is 9.42. The van der Waals surface area contributed by atoms with E-state index < -0.39 is 17.6 Å². The summed E-state index contributed by atoms with van der Waals surface area (Å²) in [6.07, 6.45) is -4.83. The van der Waals surface area contributed by atoms with Gasteiger partial charge in [0.15, 0.2) is 5.60 Å². The van der Waals surface area contributed by atoms with Crippen LogP contribution in [0.2, 0.25) is 0 Å². The molecule has 0 saturated carbocycles. The summed E-state index contributed by atoms with van der Waals surface area (Å²) in [4.78, 5) is 0. The normalized spacial score (nSPS) is 15.7. The molecule has 96 valence electrons. The quantitative estimate of drug-likeness (QED) is 0.772. The summed E-state index contributed by atoms with van der Waals surface area (Å²) in [5, 5.41) is 9.77. The molecule has 0 amide bonds. The maximum Gasteiger partial charge on any atom is 0.421 e. The fourth-order valence-corrected chi connectivity index (χ4v) is 1.84. The maximum absolute atomic E-state index is 13.5. The molecule has 0 radical (unpaired) electrons. The first kappa shape index (κ1) is 12.8. The number of benzene rings is 2. The minimum Gasteiger partial charge on any atom is -0.376 e. The average Bonchev–Trinajstić information content (AvgIpc) is 2.28. The molecule has 0 heterocycles. The standard InChI is InChI=1S/C13H10F4O/c1-12(18,13(15,16)17)10-6-7-11(14)9-5-3-2-4-8(9)10/h2-7,18H,1H3. The monoisotopic (exact) mass is 258 g/mol. The molecule has 0 aliphatic rings. The molecule has 0 saturated heterocycles. The SMILES string of the molecule is CC(O)(c1ccc(F)c2ccccc12)C(F)(F)F. The molecule has 2 aromatic rings. The van der Waals surface area contributed by atoms with E-state index in [1.807, 2.05) is 0 Å². The second kappa shape index (κ2) is 3.95. The summed E-state index contributed by atoms with van der Waals surface area (Å²) >= 11 is 0. The number of hydrogen-bond donors (Lipinski definition) is 1. The van der Waals surface area contributed by atoms with Crippen LogP contribution >= 0.6 is 0 Å². The van der Waals surface area contributed by atoms with Crippen molar-refractivity contribution in [2.24, 2.45) is 0 Å². The lowest BCUT2D eigenvalue weighted by atomic mass is 9.90. The van der Waals surface area contributed by atoms with Crippen LogP contribution in [-0.4, -0.2) is 11.3 Å². The highest BCUT2D eigenvalue weighted by Gasteiger charge is 2.51. The van der Waals surface area contributed by atoms with Gasteiger partial charge in [0.25, 0.3) is 0 Å². The van der Waals surface area contributed by atoms with E-state index >= 15 is 0 Å². The second-order valence-corrected chi connectivity index (χ2v) is 4.21. The number of alkyl halides is 3. The third-order valence-electron chi connectivity index (χ3n) is 2.95. The first-order valence-electron chi connectivity index (χ1n) is 5.22. The fourth-order valence-electron chi connectivity index (χ4n) is 1.84. The van der Waals surface area contributed by atoms with E-state index in [1.165, 1.54) is 24.3 Å². The fraction of sp³-hybridized carbons (Fsp3) is 0.231. The highest BCUT2D eigenvalue weighted by atomic mass is 19.4. The number of rotatable bonds is 1. The van der Waals surface area contributed by atoms with E-state index in [2.05, 4.69) is 0 Å². The molecule has 0 spiro atoms. The molecule has 18 heavy (non-hydrogen) atoms. The van der Waals surface area contributed by atoms with Crippen molar-refractivity contribution in [3.63, 3.8) is 0 Å². The van der Waals surface area contributed by atoms with E-state index in [4.69, 9.17) is 0 Å². The minimum absolute atomic E-state index is 0.0551. The Labute approximate surface area is 101 Å². The van der Waals surface area contributed by atoms with Gasteiger partial charge in [0, 0.05) is 10.9 Å². The van der Waals surface area contributed by atoms with Gasteiger partial charge in [0.1, 0.15) is 5.82 Å². The highest BCUT2D eigenvalue weighted by molar-refractivity contribution is 5.87. The van der Waals surface area contributed by atoms with Gasteiger partial charge in [-0.05, 0) is 18.4 Å². The molecule has 2 aromatic carbocycles. The van der Waals surface area contributed by atoms with Crippen molar-refractivity contribution < 1.29 is 22.7 Å². The van der Waals surface area contributed by atoms with Crippen LogP contribution in [0.5, 0.6) is 0 Å². The predicted octanol–water partition coefficient (Wildman–Crippen LogP) is 3.75. The van der Waals surface area contributed by atoms with Crippen LogP contribution in [0.25, 0.3) is 10.8 Å². The summed E-state index contributed by atoms with van der Waals surface area (Å²) < 4.78 is 51.9. The predicted molar refractivity (Wildman–Crippen MR) is 59.5 cm³/mol. The van der Waals surface area contributed by atoms with Gasteiger partial charge in [0.2, 0.25) is 0 Å². The molecule has 1 nitrogen and oxygen atoms in total. The van der Waals surface area contributed by atoms with Crippen LogP contribution < -0.4 is 0 Å². The van der Waals surface area contributed by atoms with Crippen LogP contribution in [0.15, 0.2) is 36.4 Å². The summed E-state index contributed by atoms with van der Waals surface area (Å²) in [5.41, 5.74) is -3.37. The van der Waals surface area contributed by atoms with Crippen molar-refractivity contribution in [1.29, 1.82) is 0 Å². The van der Waals surface area contributed by atoms with Crippen molar-refractivity contribution >= 4 is 10.8 Å². The molecular weight excluding hydrogens is 248 g/mol. The molecule has 1 N–H and O–H groups in total. The molecule has 0 aliphatic carbocycles. The molecule has 2 rings (SSSR count). The Morgan fingerprint density at radius 2 is 1.50 bits per heavy atom. The second-order valence-electron chi connectivity index (χ2n) is 4.21. The van der Waals surface area contributed by atoms with Gasteiger partial charge in [0.05, 0.1) is 0 Å². The van der Waals surface area contributed by atoms with Crippen LogP contribution in [0.1, 0.15) is 12.5 Å². The Kier molecular flexibility index (Phi) is 2.81. The molecular formula is C13H10F4O. The Morgan fingerprint density at radius 3 is 2.06 bits per heavy atom. The highest BCUT2D eigenvalue weighted by Crippen LogP contribution is 2.41. The first-order valence-corrected chi connectivity index (χ1v) is 5.22. The topological polar surface area (TPSA) is 20.2 Å². The van der Waals surface area contributed by atoms with Gasteiger partial charge in [-0.25, -0.2) is 4.39 Å². The smallest absolute Gasteiger partial charge is 0.376 e. The zero-order chi connectivity index (χ0) is 13.6. The molecule has 0 aliphatic heterocycles. The van der Waals surface area contributed by atoms with Crippen molar-refractivity contribution in [2.45, 2.75) is 18.7 Å². The van der Waals surface area contributed by atoms with E-state index in [0.717, 1.165) is 12.1 Å². The van der Waals surface area contributed by atoms with Crippen LogP contribution in [-0.2, 0) is 5.60 Å². The summed E-state index contributed by atoms with van der Waals surface area (Å²) in [7, 11) is 0. The Hall–Kier alpha value is -1.62. The number of hydrogen-bond acceptors (Lipinski definition) is 1. The van der Waals surface area contributed by atoms with Gasteiger partial charge in [-0.3, -0.25) is 0 Å². The number of fused-ring (bicyclic) bond motifs is 1. The minimum atomic E-state index is -4.83. The Bertz CT molecular complexity index is 587. The summed E-state index contributed by atoms with van der Waals surface area (Å²) in [6, 6.07) is 7.65. The molecule has 0 fully saturated rings. The molecule has 5 heteroatoms. The largest absolute Gasteiger partial charge is 0.421 e. The first-order chi connectivity index (χ1) is 8.25. The van der Waals surface area contributed by atoms with E-state index in [9.17, 15) is 22.7 Å². The van der Waals surface area contributed by atoms with Gasteiger partial charge < -0.3 is 5.11 Å². The Balaban J connectivity index is 2.78. The summed E-state index contributed by atoms with van der Waals surface area (Å²) in [6.45, 7) is 0.659. The van der Waals surface area contributed by atoms with Crippen LogP contribution in [0, 0.1) is 5.82 Å². The number of halogens is 4. The van der Waals surface area contributed by atoms with Crippen molar-refractivity contribution in [3.05, 3.63) is 47.8 Å². The van der Waals surface area contributed by atoms with Gasteiger partial charge in [-0.2, -0.15) is 13.2 Å². The summed E-state index contributed by atoms with van der Waals surface area (Å²) in [5.74, 6) is -0.618. The lowest BCUT2D eigenvalue weighted by Crippen LogP contribution is -2.39. The van der Waals surface area contributed by atoms with E-state index in [-0.39, 0.29) is 16.3 Å². The van der Waals surface area contributed by atoms with E-state index in [1.54, 1.807) is 0 Å². The van der Waals surface area contributed by atoms with Crippen LogP contribution in [0.3, 0.4) is 0 Å². The zero-order valence-electron chi connectivity index (χ0n) is 9.42. The van der Waals surface area contributed by atoms with E-state index in [0.29, 0.717) is 6.92 Å². The molecule has 1 unspecified atom stereocenters. The molecule has 0 aromatic heterocycles. The number of aliphatic hydroxyl groups is 1. The van der Waals surface area contributed by atoms with Gasteiger partial charge in [-0.15, -0.1) is 0 Å². The molecule has 0 bridgehead atoms. The lowest BCUT2D eigenvalue weighted by Gasteiger charge is -2.28. The Morgan fingerprint density at radius 1 is 0.944 bits per heavy atom. The average molecular weight is 258 g/mol.